The average molecular weight is 406 g/mol. The number of nitrogens with one attached hydrogen (secondary N) is 2. The maximum Gasteiger partial charge on any atom is 0.273 e. The second kappa shape index (κ2) is 9.39. The number of rotatable bonds is 7. The molecule has 1 aromatic carbocycles. The number of aryl methyl sites for hydroxylation is 1. The van der Waals surface area contributed by atoms with E-state index in [-0.39, 0.29) is 18.3 Å². The van der Waals surface area contributed by atoms with E-state index in [2.05, 4.69) is 20.9 Å². The predicted molar refractivity (Wildman–Crippen MR) is 109 cm³/mol. The standard InChI is InChI=1S/C20H27N5O2.ClH/c1-14-2-5-16(19(10-14)27-13-15-3-4-15)11-22-20(26)18-12-25(24-23-18)17-6-8-21-9-7-17;/h2,5,10,12,15,17,21H,3-4,6-9,11,13H2,1H3,(H,22,26);1H. The third-order valence-corrected chi connectivity index (χ3v) is 5.26. The molecule has 1 saturated carbocycles. The van der Waals surface area contributed by atoms with Gasteiger partial charge in [-0.3, -0.25) is 4.79 Å². The van der Waals surface area contributed by atoms with Gasteiger partial charge in [0.15, 0.2) is 5.69 Å². The number of hydrogen-bond acceptors (Lipinski definition) is 5. The number of aromatic nitrogens is 3. The molecular formula is C20H28ClN5O2. The Balaban J connectivity index is 0.00000225. The van der Waals surface area contributed by atoms with Gasteiger partial charge in [0.05, 0.1) is 18.8 Å². The van der Waals surface area contributed by atoms with Crippen molar-refractivity contribution in [3.63, 3.8) is 0 Å². The fourth-order valence-electron chi connectivity index (χ4n) is 3.33. The summed E-state index contributed by atoms with van der Waals surface area (Å²) in [6.45, 7) is 5.17. The van der Waals surface area contributed by atoms with E-state index in [0.717, 1.165) is 49.4 Å². The number of hydrogen-bond donors (Lipinski definition) is 2. The minimum atomic E-state index is -0.205. The maximum atomic E-state index is 12.5. The number of halogens is 1. The van der Waals surface area contributed by atoms with Crippen LogP contribution in [0.3, 0.4) is 0 Å². The van der Waals surface area contributed by atoms with Crippen LogP contribution in [0.2, 0.25) is 0 Å². The molecular weight excluding hydrogens is 378 g/mol. The van der Waals surface area contributed by atoms with Crippen LogP contribution >= 0.6 is 12.4 Å². The van der Waals surface area contributed by atoms with Crippen molar-refractivity contribution in [3.8, 4) is 5.75 Å². The number of benzene rings is 1. The molecule has 0 radical (unpaired) electrons. The van der Waals surface area contributed by atoms with Crippen molar-refractivity contribution in [2.75, 3.05) is 19.7 Å². The number of ether oxygens (including phenoxy) is 1. The molecule has 4 rings (SSSR count). The van der Waals surface area contributed by atoms with Crippen LogP contribution in [-0.4, -0.2) is 40.6 Å². The lowest BCUT2D eigenvalue weighted by Gasteiger charge is -2.22. The number of amides is 1. The first-order valence-corrected chi connectivity index (χ1v) is 9.82. The Labute approximate surface area is 171 Å². The lowest BCUT2D eigenvalue weighted by atomic mass is 10.1. The van der Waals surface area contributed by atoms with Gasteiger partial charge in [-0.15, -0.1) is 17.5 Å². The Morgan fingerprint density at radius 1 is 1.29 bits per heavy atom. The Bertz CT molecular complexity index is 800. The molecule has 2 aromatic rings. The fourth-order valence-corrected chi connectivity index (χ4v) is 3.33. The monoisotopic (exact) mass is 405 g/mol. The summed E-state index contributed by atoms with van der Waals surface area (Å²) in [6, 6.07) is 6.42. The van der Waals surface area contributed by atoms with Crippen molar-refractivity contribution in [1.29, 1.82) is 0 Å². The van der Waals surface area contributed by atoms with Crippen molar-refractivity contribution < 1.29 is 9.53 Å². The molecule has 1 amide bonds. The lowest BCUT2D eigenvalue weighted by Crippen LogP contribution is -2.29. The van der Waals surface area contributed by atoms with Gasteiger partial charge in [-0.1, -0.05) is 17.3 Å². The molecule has 152 valence electrons. The third kappa shape index (κ3) is 5.23. The van der Waals surface area contributed by atoms with Gasteiger partial charge in [0.2, 0.25) is 0 Å². The van der Waals surface area contributed by atoms with E-state index in [1.165, 1.54) is 12.8 Å². The number of carbonyl (C=O) groups is 1. The number of carbonyl (C=O) groups excluding carboxylic acids is 1. The van der Waals surface area contributed by atoms with Crippen LogP contribution in [0.4, 0.5) is 0 Å². The normalized spacial score (nSPS) is 17.0. The molecule has 0 bridgehead atoms. The second-order valence-electron chi connectivity index (χ2n) is 7.61. The summed E-state index contributed by atoms with van der Waals surface area (Å²) >= 11 is 0. The molecule has 8 heteroatoms. The minimum absolute atomic E-state index is 0. The van der Waals surface area contributed by atoms with E-state index in [1.54, 1.807) is 6.20 Å². The van der Waals surface area contributed by atoms with Crippen LogP contribution in [0.25, 0.3) is 0 Å². The van der Waals surface area contributed by atoms with Crippen molar-refractivity contribution in [2.24, 2.45) is 5.92 Å². The molecule has 0 unspecified atom stereocenters. The highest BCUT2D eigenvalue weighted by Crippen LogP contribution is 2.30. The average Bonchev–Trinajstić information content (AvgIpc) is 3.39. The van der Waals surface area contributed by atoms with E-state index < -0.39 is 0 Å². The number of piperidine rings is 1. The quantitative estimate of drug-likeness (QED) is 0.740. The first-order valence-electron chi connectivity index (χ1n) is 9.82. The molecule has 1 aliphatic heterocycles. The zero-order valence-corrected chi connectivity index (χ0v) is 17.0. The van der Waals surface area contributed by atoms with E-state index in [0.29, 0.717) is 24.2 Å². The first-order chi connectivity index (χ1) is 13.2. The predicted octanol–water partition coefficient (Wildman–Crippen LogP) is 2.65. The van der Waals surface area contributed by atoms with Crippen LogP contribution in [0.15, 0.2) is 24.4 Å². The SMILES string of the molecule is Cc1ccc(CNC(=O)c2cn(C3CCNCC3)nn2)c(OCC2CC2)c1.Cl. The zero-order chi connectivity index (χ0) is 18.6. The van der Waals surface area contributed by atoms with Gasteiger partial charge in [-0.2, -0.15) is 0 Å². The van der Waals surface area contributed by atoms with Gasteiger partial charge < -0.3 is 15.4 Å². The molecule has 1 aliphatic carbocycles. The van der Waals surface area contributed by atoms with Crippen molar-refractivity contribution in [3.05, 3.63) is 41.2 Å². The summed E-state index contributed by atoms with van der Waals surface area (Å²) in [7, 11) is 0. The van der Waals surface area contributed by atoms with Gasteiger partial charge in [0, 0.05) is 12.1 Å². The Kier molecular flexibility index (Phi) is 6.91. The molecule has 0 spiro atoms. The van der Waals surface area contributed by atoms with Crippen LogP contribution in [0.1, 0.15) is 53.3 Å². The highest BCUT2D eigenvalue weighted by atomic mass is 35.5. The molecule has 2 N–H and O–H groups in total. The van der Waals surface area contributed by atoms with Gasteiger partial charge >= 0.3 is 0 Å². The maximum absolute atomic E-state index is 12.5. The molecule has 2 heterocycles. The van der Waals surface area contributed by atoms with Gasteiger partial charge in [0.1, 0.15) is 5.75 Å². The third-order valence-electron chi connectivity index (χ3n) is 5.26. The summed E-state index contributed by atoms with van der Waals surface area (Å²) in [5, 5.41) is 14.5. The minimum Gasteiger partial charge on any atom is -0.493 e. The molecule has 1 aromatic heterocycles. The number of nitrogens with zero attached hydrogens (tertiary/aromatic N) is 3. The molecule has 2 aliphatic rings. The lowest BCUT2D eigenvalue weighted by molar-refractivity contribution is 0.0945. The van der Waals surface area contributed by atoms with Gasteiger partial charge in [0.25, 0.3) is 5.91 Å². The van der Waals surface area contributed by atoms with Crippen molar-refractivity contribution in [1.82, 2.24) is 25.6 Å². The molecule has 2 fully saturated rings. The highest BCUT2D eigenvalue weighted by Gasteiger charge is 2.23. The fraction of sp³-hybridized carbons (Fsp3) is 0.550. The largest absolute Gasteiger partial charge is 0.493 e. The van der Waals surface area contributed by atoms with Crippen LogP contribution in [-0.2, 0) is 6.54 Å². The van der Waals surface area contributed by atoms with E-state index >= 15 is 0 Å². The Morgan fingerprint density at radius 3 is 2.82 bits per heavy atom. The molecule has 1 saturated heterocycles. The summed E-state index contributed by atoms with van der Waals surface area (Å²) in [5.41, 5.74) is 2.50. The zero-order valence-electron chi connectivity index (χ0n) is 16.2. The first kappa shape index (κ1) is 20.6. The summed E-state index contributed by atoms with van der Waals surface area (Å²) in [6.07, 6.45) is 6.28. The van der Waals surface area contributed by atoms with E-state index in [9.17, 15) is 4.79 Å². The smallest absolute Gasteiger partial charge is 0.273 e. The second-order valence-corrected chi connectivity index (χ2v) is 7.61. The molecule has 28 heavy (non-hydrogen) atoms. The van der Waals surface area contributed by atoms with Crippen molar-refractivity contribution >= 4 is 18.3 Å². The Morgan fingerprint density at radius 2 is 2.07 bits per heavy atom. The summed E-state index contributed by atoms with van der Waals surface area (Å²) < 4.78 is 7.80. The summed E-state index contributed by atoms with van der Waals surface area (Å²) in [4.78, 5) is 12.5. The van der Waals surface area contributed by atoms with Crippen LogP contribution < -0.4 is 15.4 Å². The Hall–Kier alpha value is -2.12. The van der Waals surface area contributed by atoms with Crippen LogP contribution in [0, 0.1) is 12.8 Å². The summed E-state index contributed by atoms with van der Waals surface area (Å²) in [5.74, 6) is 1.35. The highest BCUT2D eigenvalue weighted by molar-refractivity contribution is 5.91. The van der Waals surface area contributed by atoms with E-state index in [1.807, 2.05) is 29.8 Å². The topological polar surface area (TPSA) is 81.1 Å². The van der Waals surface area contributed by atoms with Gasteiger partial charge in [-0.05, 0) is 63.2 Å². The molecule has 7 nitrogen and oxygen atoms in total. The van der Waals surface area contributed by atoms with Crippen molar-refractivity contribution in [2.45, 2.75) is 45.2 Å². The van der Waals surface area contributed by atoms with Crippen LogP contribution in [0.5, 0.6) is 5.75 Å². The van der Waals surface area contributed by atoms with E-state index in [4.69, 9.17) is 4.74 Å². The molecule has 0 atom stereocenters. The van der Waals surface area contributed by atoms with Gasteiger partial charge in [-0.25, -0.2) is 4.68 Å².